The van der Waals surface area contributed by atoms with E-state index >= 15 is 0 Å². The van der Waals surface area contributed by atoms with Gasteiger partial charge in [-0.05, 0) is 44.0 Å². The minimum absolute atomic E-state index is 0.202. The first kappa shape index (κ1) is 18.4. The van der Waals surface area contributed by atoms with Crippen LogP contribution in [-0.2, 0) is 11.3 Å². The summed E-state index contributed by atoms with van der Waals surface area (Å²) in [6.45, 7) is 5.36. The molecule has 0 radical (unpaired) electrons. The van der Waals surface area contributed by atoms with Crippen LogP contribution in [0.2, 0.25) is 10.0 Å². The van der Waals surface area contributed by atoms with E-state index in [0.29, 0.717) is 15.7 Å². The van der Waals surface area contributed by atoms with E-state index in [1.165, 1.54) is 4.52 Å². The second kappa shape index (κ2) is 7.09. The highest BCUT2D eigenvalue weighted by molar-refractivity contribution is 6.42. The molecule has 26 heavy (non-hydrogen) atoms. The quantitative estimate of drug-likeness (QED) is 0.738. The molecule has 136 valence electrons. The van der Waals surface area contributed by atoms with E-state index < -0.39 is 5.69 Å². The average Bonchev–Trinajstić information content (AvgIpc) is 2.90. The molecule has 1 atom stereocenters. The Morgan fingerprint density at radius 2 is 2.00 bits per heavy atom. The molecule has 2 heterocycles. The number of amides is 1. The van der Waals surface area contributed by atoms with Crippen LogP contribution in [0.5, 0.6) is 0 Å². The predicted octanol–water partition coefficient (Wildman–Crippen LogP) is 2.69. The van der Waals surface area contributed by atoms with Gasteiger partial charge in [-0.2, -0.15) is 9.61 Å². The van der Waals surface area contributed by atoms with Crippen LogP contribution >= 0.6 is 23.2 Å². The second-order valence-corrected chi connectivity index (χ2v) is 6.91. The summed E-state index contributed by atoms with van der Waals surface area (Å²) in [5.74, 6) is -0.344. The van der Waals surface area contributed by atoms with Gasteiger partial charge in [-0.1, -0.05) is 29.3 Å². The van der Waals surface area contributed by atoms with Crippen molar-refractivity contribution in [2.24, 2.45) is 0 Å². The summed E-state index contributed by atoms with van der Waals surface area (Å²) >= 11 is 11.9. The van der Waals surface area contributed by atoms with E-state index in [1.54, 1.807) is 24.4 Å². The summed E-state index contributed by atoms with van der Waals surface area (Å²) in [5.41, 5.74) is 2.57. The van der Waals surface area contributed by atoms with Gasteiger partial charge in [-0.15, -0.1) is 5.10 Å². The summed E-state index contributed by atoms with van der Waals surface area (Å²) in [6.07, 6.45) is 1.60. The van der Waals surface area contributed by atoms with Crippen LogP contribution < -0.4 is 11.0 Å². The maximum atomic E-state index is 12.4. The van der Waals surface area contributed by atoms with Gasteiger partial charge in [-0.3, -0.25) is 4.79 Å². The van der Waals surface area contributed by atoms with E-state index in [9.17, 15) is 9.59 Å². The summed E-state index contributed by atoms with van der Waals surface area (Å²) in [4.78, 5) is 24.7. The van der Waals surface area contributed by atoms with Crippen molar-refractivity contribution >= 4 is 34.8 Å². The van der Waals surface area contributed by atoms with Crippen molar-refractivity contribution in [3.8, 4) is 0 Å². The van der Waals surface area contributed by atoms with Crippen LogP contribution in [0.15, 0.2) is 29.2 Å². The number of nitrogens with one attached hydrogen (secondary N) is 1. The van der Waals surface area contributed by atoms with Crippen molar-refractivity contribution in [1.29, 1.82) is 0 Å². The Balaban J connectivity index is 1.78. The van der Waals surface area contributed by atoms with Crippen molar-refractivity contribution < 1.29 is 4.79 Å². The van der Waals surface area contributed by atoms with Gasteiger partial charge in [0.2, 0.25) is 5.91 Å². The van der Waals surface area contributed by atoms with Crippen molar-refractivity contribution in [3.63, 3.8) is 0 Å². The topological polar surface area (TPSA) is 81.3 Å². The van der Waals surface area contributed by atoms with Crippen molar-refractivity contribution in [2.45, 2.75) is 33.4 Å². The van der Waals surface area contributed by atoms with E-state index in [-0.39, 0.29) is 18.5 Å². The zero-order chi connectivity index (χ0) is 19.0. The Hall–Kier alpha value is -2.38. The number of nitrogens with zero attached hydrogens (tertiary/aromatic N) is 4. The molecule has 0 unspecified atom stereocenters. The Kier molecular flexibility index (Phi) is 5.02. The minimum Gasteiger partial charge on any atom is -0.348 e. The molecule has 1 amide bonds. The number of aryl methyl sites for hydroxylation is 2. The van der Waals surface area contributed by atoms with Crippen LogP contribution in [0.25, 0.3) is 5.65 Å². The summed E-state index contributed by atoms with van der Waals surface area (Å²) in [7, 11) is 0. The molecule has 3 rings (SSSR count). The number of rotatable bonds is 4. The number of benzene rings is 1. The van der Waals surface area contributed by atoms with Crippen LogP contribution in [0.3, 0.4) is 0 Å². The highest BCUT2D eigenvalue weighted by Gasteiger charge is 2.16. The highest BCUT2D eigenvalue weighted by atomic mass is 35.5. The van der Waals surface area contributed by atoms with Crippen LogP contribution in [0.1, 0.15) is 29.7 Å². The monoisotopic (exact) mass is 393 g/mol. The zero-order valence-electron chi connectivity index (χ0n) is 14.5. The molecular weight excluding hydrogens is 377 g/mol. The van der Waals surface area contributed by atoms with Gasteiger partial charge in [-0.25, -0.2) is 9.48 Å². The summed E-state index contributed by atoms with van der Waals surface area (Å²) < 4.78 is 2.30. The standard InChI is InChI=1S/C17H17Cl2N5O2/c1-9-7-20-24-16(10(9)2)22-23(17(24)26)8-15(25)21-11(3)12-4-5-13(18)14(19)6-12/h4-7,11H,8H2,1-3H3,(H,21,25)/t11-/m0/s1. The summed E-state index contributed by atoms with van der Waals surface area (Å²) in [6, 6.07) is 4.85. The van der Waals surface area contributed by atoms with E-state index in [1.807, 2.05) is 20.8 Å². The molecule has 9 heteroatoms. The van der Waals surface area contributed by atoms with Gasteiger partial charge in [0.25, 0.3) is 0 Å². The van der Waals surface area contributed by atoms with Crippen molar-refractivity contribution in [2.75, 3.05) is 0 Å². The first-order chi connectivity index (χ1) is 12.3. The number of aromatic nitrogens is 4. The zero-order valence-corrected chi connectivity index (χ0v) is 16.0. The number of hydrogen-bond donors (Lipinski definition) is 1. The fourth-order valence-corrected chi connectivity index (χ4v) is 2.85. The van der Waals surface area contributed by atoms with Crippen LogP contribution in [-0.4, -0.2) is 25.3 Å². The van der Waals surface area contributed by atoms with Gasteiger partial charge < -0.3 is 5.32 Å². The lowest BCUT2D eigenvalue weighted by molar-refractivity contribution is -0.122. The van der Waals surface area contributed by atoms with Crippen molar-refractivity contribution in [3.05, 3.63) is 61.6 Å². The number of fused-ring (bicyclic) bond motifs is 1. The minimum atomic E-state index is -0.458. The van der Waals surface area contributed by atoms with E-state index in [4.69, 9.17) is 23.2 Å². The maximum Gasteiger partial charge on any atom is 0.367 e. The lowest BCUT2D eigenvalue weighted by Gasteiger charge is -2.14. The average molecular weight is 394 g/mol. The number of halogens is 2. The molecular formula is C17H17Cl2N5O2. The van der Waals surface area contributed by atoms with E-state index in [2.05, 4.69) is 15.5 Å². The Morgan fingerprint density at radius 3 is 2.69 bits per heavy atom. The molecule has 2 aromatic heterocycles. The first-order valence-corrected chi connectivity index (χ1v) is 8.70. The van der Waals surface area contributed by atoms with Gasteiger partial charge in [0.05, 0.1) is 22.3 Å². The molecule has 0 saturated carbocycles. The Bertz CT molecular complexity index is 1060. The molecule has 7 nitrogen and oxygen atoms in total. The SMILES string of the molecule is Cc1cnn2c(=O)n(CC(=O)N[C@@H](C)c3ccc(Cl)c(Cl)c3)nc2c1C. The normalized spacial score (nSPS) is 12.3. The number of carbonyl (C=O) groups is 1. The highest BCUT2D eigenvalue weighted by Crippen LogP contribution is 2.25. The third-order valence-electron chi connectivity index (χ3n) is 4.23. The molecule has 0 spiro atoms. The van der Waals surface area contributed by atoms with Crippen LogP contribution in [0, 0.1) is 13.8 Å². The number of hydrogen-bond acceptors (Lipinski definition) is 4. The summed E-state index contributed by atoms with van der Waals surface area (Å²) in [5, 5.41) is 12.0. The molecule has 3 aromatic rings. The third-order valence-corrected chi connectivity index (χ3v) is 4.97. The van der Waals surface area contributed by atoms with Crippen LogP contribution in [0.4, 0.5) is 0 Å². The fraction of sp³-hybridized carbons (Fsp3) is 0.294. The predicted molar refractivity (Wildman–Crippen MR) is 99.7 cm³/mol. The lowest BCUT2D eigenvalue weighted by Crippen LogP contribution is -2.34. The number of carbonyl (C=O) groups excluding carboxylic acids is 1. The van der Waals surface area contributed by atoms with E-state index in [0.717, 1.165) is 21.4 Å². The molecule has 0 bridgehead atoms. The van der Waals surface area contributed by atoms with Crippen molar-refractivity contribution in [1.82, 2.24) is 24.7 Å². The van der Waals surface area contributed by atoms with Gasteiger partial charge >= 0.3 is 5.69 Å². The van der Waals surface area contributed by atoms with Gasteiger partial charge in [0, 0.05) is 5.56 Å². The van der Waals surface area contributed by atoms with Gasteiger partial charge in [0.1, 0.15) is 6.54 Å². The fourth-order valence-electron chi connectivity index (χ4n) is 2.55. The second-order valence-electron chi connectivity index (χ2n) is 6.09. The Morgan fingerprint density at radius 1 is 1.27 bits per heavy atom. The lowest BCUT2D eigenvalue weighted by atomic mass is 10.1. The third kappa shape index (κ3) is 3.45. The van der Waals surface area contributed by atoms with Gasteiger partial charge in [0.15, 0.2) is 5.65 Å². The molecule has 0 saturated heterocycles. The molecule has 1 aromatic carbocycles. The Labute approximate surface area is 159 Å². The first-order valence-electron chi connectivity index (χ1n) is 7.94. The molecule has 0 aliphatic carbocycles. The smallest absolute Gasteiger partial charge is 0.348 e. The molecule has 0 aliphatic rings. The molecule has 0 fully saturated rings. The molecule has 1 N–H and O–H groups in total. The largest absolute Gasteiger partial charge is 0.367 e. The molecule has 0 aliphatic heterocycles. The maximum absolute atomic E-state index is 12.4.